The summed E-state index contributed by atoms with van der Waals surface area (Å²) in [6.45, 7) is 5.33. The number of amides is 1. The third-order valence-corrected chi connectivity index (χ3v) is 4.00. The van der Waals surface area contributed by atoms with Gasteiger partial charge in [0, 0.05) is 0 Å². The standard InChI is InChI=1S/C19H20N4O3/c1-11-15(20)9-10-16(21-11)18-17(12(2)23-26-18)22-19(24)25-13(3)14-7-5-4-6-8-14/h4-10,13H,20H2,1-3H3,(H,22,24)/t13-/m1/s1. The summed E-state index contributed by atoms with van der Waals surface area (Å²) in [5, 5.41) is 6.62. The Balaban J connectivity index is 1.78. The molecule has 1 amide bonds. The zero-order chi connectivity index (χ0) is 18.7. The van der Waals surface area contributed by atoms with Crippen molar-refractivity contribution in [2.45, 2.75) is 26.9 Å². The highest BCUT2D eigenvalue weighted by Gasteiger charge is 2.21. The molecular formula is C19H20N4O3. The lowest BCUT2D eigenvalue weighted by Gasteiger charge is -2.14. The SMILES string of the molecule is Cc1nc(-c2onc(C)c2NC(=O)O[C@H](C)c2ccccc2)ccc1N. The number of benzene rings is 1. The third kappa shape index (κ3) is 3.66. The van der Waals surface area contributed by atoms with Gasteiger partial charge in [-0.3, -0.25) is 5.32 Å². The van der Waals surface area contributed by atoms with Gasteiger partial charge in [-0.05, 0) is 38.5 Å². The molecule has 1 atom stereocenters. The lowest BCUT2D eigenvalue weighted by Crippen LogP contribution is -2.16. The van der Waals surface area contributed by atoms with Crippen LogP contribution in [0.4, 0.5) is 16.2 Å². The van der Waals surface area contributed by atoms with E-state index in [2.05, 4.69) is 15.5 Å². The molecule has 7 nitrogen and oxygen atoms in total. The molecule has 1 aromatic carbocycles. The van der Waals surface area contributed by atoms with Crippen LogP contribution in [0.5, 0.6) is 0 Å². The van der Waals surface area contributed by atoms with Gasteiger partial charge in [0.15, 0.2) is 0 Å². The number of pyridine rings is 1. The number of carbonyl (C=O) groups excluding carboxylic acids is 1. The quantitative estimate of drug-likeness (QED) is 0.728. The first kappa shape index (κ1) is 17.5. The normalized spacial score (nSPS) is 11.8. The Morgan fingerprint density at radius 1 is 1.15 bits per heavy atom. The van der Waals surface area contributed by atoms with E-state index in [1.165, 1.54) is 0 Å². The van der Waals surface area contributed by atoms with E-state index in [0.29, 0.717) is 34.2 Å². The van der Waals surface area contributed by atoms with Crippen LogP contribution in [-0.4, -0.2) is 16.2 Å². The van der Waals surface area contributed by atoms with Crippen molar-refractivity contribution in [2.75, 3.05) is 11.1 Å². The van der Waals surface area contributed by atoms with Gasteiger partial charge in [-0.25, -0.2) is 9.78 Å². The molecule has 3 N–H and O–H groups in total. The summed E-state index contributed by atoms with van der Waals surface area (Å²) in [6.07, 6.45) is -0.988. The van der Waals surface area contributed by atoms with Crippen molar-refractivity contribution in [1.82, 2.24) is 10.1 Å². The number of nitrogens with two attached hydrogens (primary N) is 1. The lowest BCUT2D eigenvalue weighted by molar-refractivity contribution is 0.121. The highest BCUT2D eigenvalue weighted by atomic mass is 16.6. The average Bonchev–Trinajstić information content (AvgIpc) is 2.98. The van der Waals surface area contributed by atoms with Gasteiger partial charge in [0.2, 0.25) is 5.76 Å². The minimum atomic E-state index is -0.596. The zero-order valence-corrected chi connectivity index (χ0v) is 14.8. The number of anilines is 2. The summed E-state index contributed by atoms with van der Waals surface area (Å²) in [7, 11) is 0. The van der Waals surface area contributed by atoms with Crippen LogP contribution in [0.25, 0.3) is 11.5 Å². The number of nitrogens with one attached hydrogen (secondary N) is 1. The number of nitrogens with zero attached hydrogens (tertiary/aromatic N) is 2. The van der Waals surface area contributed by atoms with E-state index in [1.807, 2.05) is 30.3 Å². The predicted octanol–water partition coefficient (Wildman–Crippen LogP) is 4.25. The first-order chi connectivity index (χ1) is 12.5. The molecule has 26 heavy (non-hydrogen) atoms. The van der Waals surface area contributed by atoms with Crippen molar-refractivity contribution >= 4 is 17.5 Å². The van der Waals surface area contributed by atoms with Crippen molar-refractivity contribution in [1.29, 1.82) is 0 Å². The molecule has 0 aliphatic heterocycles. The summed E-state index contributed by atoms with van der Waals surface area (Å²) in [4.78, 5) is 16.7. The number of aromatic nitrogens is 2. The topological polar surface area (TPSA) is 103 Å². The molecule has 134 valence electrons. The van der Waals surface area contributed by atoms with E-state index in [1.54, 1.807) is 32.9 Å². The molecule has 0 aliphatic rings. The second kappa shape index (κ2) is 7.26. The van der Waals surface area contributed by atoms with E-state index in [4.69, 9.17) is 15.0 Å². The average molecular weight is 352 g/mol. The van der Waals surface area contributed by atoms with Crippen LogP contribution < -0.4 is 11.1 Å². The van der Waals surface area contributed by atoms with Crippen LogP contribution in [0.2, 0.25) is 0 Å². The fourth-order valence-corrected chi connectivity index (χ4v) is 2.47. The van der Waals surface area contributed by atoms with Crippen LogP contribution >= 0.6 is 0 Å². The highest BCUT2D eigenvalue weighted by Crippen LogP contribution is 2.31. The Kier molecular flexibility index (Phi) is 4.88. The molecule has 0 saturated heterocycles. The number of aryl methyl sites for hydroxylation is 2. The highest BCUT2D eigenvalue weighted by molar-refractivity contribution is 5.90. The molecule has 0 unspecified atom stereocenters. The Morgan fingerprint density at radius 3 is 2.58 bits per heavy atom. The van der Waals surface area contributed by atoms with Gasteiger partial charge in [-0.2, -0.15) is 0 Å². The molecule has 0 spiro atoms. The van der Waals surface area contributed by atoms with E-state index in [9.17, 15) is 4.79 Å². The van der Waals surface area contributed by atoms with Crippen molar-refractivity contribution in [2.24, 2.45) is 0 Å². The van der Waals surface area contributed by atoms with E-state index < -0.39 is 12.2 Å². The summed E-state index contributed by atoms with van der Waals surface area (Å²) < 4.78 is 10.8. The molecule has 0 saturated carbocycles. The van der Waals surface area contributed by atoms with Crippen LogP contribution in [0.3, 0.4) is 0 Å². The van der Waals surface area contributed by atoms with Crippen LogP contribution in [0.15, 0.2) is 47.0 Å². The van der Waals surface area contributed by atoms with Gasteiger partial charge in [0.1, 0.15) is 23.2 Å². The first-order valence-electron chi connectivity index (χ1n) is 8.18. The van der Waals surface area contributed by atoms with Crippen molar-refractivity contribution in [3.05, 3.63) is 59.4 Å². The van der Waals surface area contributed by atoms with Crippen molar-refractivity contribution in [3.8, 4) is 11.5 Å². The smallest absolute Gasteiger partial charge is 0.412 e. The molecular weight excluding hydrogens is 332 g/mol. The summed E-state index contributed by atoms with van der Waals surface area (Å²) in [6, 6.07) is 12.9. The van der Waals surface area contributed by atoms with Gasteiger partial charge < -0.3 is 15.0 Å². The van der Waals surface area contributed by atoms with Crippen LogP contribution in [0, 0.1) is 13.8 Å². The number of ether oxygens (including phenoxy) is 1. The van der Waals surface area contributed by atoms with Crippen molar-refractivity contribution < 1.29 is 14.1 Å². The van der Waals surface area contributed by atoms with Crippen molar-refractivity contribution in [3.63, 3.8) is 0 Å². The monoisotopic (exact) mass is 352 g/mol. The second-order valence-corrected chi connectivity index (χ2v) is 5.93. The van der Waals surface area contributed by atoms with Gasteiger partial charge in [-0.15, -0.1) is 0 Å². The Hall–Kier alpha value is -3.35. The largest absolute Gasteiger partial charge is 0.441 e. The molecule has 2 aromatic heterocycles. The van der Waals surface area contributed by atoms with E-state index in [-0.39, 0.29) is 0 Å². The van der Waals surface area contributed by atoms with Crippen LogP contribution in [-0.2, 0) is 4.74 Å². The maximum atomic E-state index is 12.3. The number of hydrogen-bond acceptors (Lipinski definition) is 6. The van der Waals surface area contributed by atoms with Gasteiger partial charge in [-0.1, -0.05) is 35.5 Å². The minimum Gasteiger partial charge on any atom is -0.441 e. The van der Waals surface area contributed by atoms with Gasteiger partial charge in [0.25, 0.3) is 0 Å². The summed E-state index contributed by atoms with van der Waals surface area (Å²) >= 11 is 0. The fourth-order valence-electron chi connectivity index (χ4n) is 2.47. The molecule has 2 heterocycles. The molecule has 0 radical (unpaired) electrons. The third-order valence-electron chi connectivity index (χ3n) is 4.00. The maximum Gasteiger partial charge on any atom is 0.412 e. The molecule has 0 bridgehead atoms. The fraction of sp³-hybridized carbons (Fsp3) is 0.211. The lowest BCUT2D eigenvalue weighted by atomic mass is 10.1. The second-order valence-electron chi connectivity index (χ2n) is 5.93. The van der Waals surface area contributed by atoms with E-state index in [0.717, 1.165) is 5.56 Å². The Morgan fingerprint density at radius 2 is 1.88 bits per heavy atom. The number of rotatable bonds is 4. The minimum absolute atomic E-state index is 0.356. The first-order valence-corrected chi connectivity index (χ1v) is 8.18. The summed E-state index contributed by atoms with van der Waals surface area (Å²) in [5.41, 5.74) is 9.44. The number of carbonyl (C=O) groups is 1. The van der Waals surface area contributed by atoms with Gasteiger partial charge in [0.05, 0.1) is 11.4 Å². The maximum absolute atomic E-state index is 12.3. The zero-order valence-electron chi connectivity index (χ0n) is 14.8. The molecule has 0 aliphatic carbocycles. The molecule has 3 aromatic rings. The molecule has 0 fully saturated rings. The predicted molar refractivity (Wildman–Crippen MR) is 98.6 cm³/mol. The van der Waals surface area contributed by atoms with Gasteiger partial charge >= 0.3 is 6.09 Å². The summed E-state index contributed by atoms with van der Waals surface area (Å²) in [5.74, 6) is 0.356. The van der Waals surface area contributed by atoms with E-state index >= 15 is 0 Å². The number of nitrogen functional groups attached to an aromatic ring is 1. The Bertz CT molecular complexity index is 922. The molecule has 3 rings (SSSR count). The van der Waals surface area contributed by atoms with Crippen LogP contribution in [0.1, 0.15) is 30.0 Å². The molecule has 7 heteroatoms. The Labute approximate surface area is 151 Å². The number of hydrogen-bond donors (Lipinski definition) is 2.